The fourth-order valence-electron chi connectivity index (χ4n) is 2.12. The van der Waals surface area contributed by atoms with Gasteiger partial charge in [-0.3, -0.25) is 0 Å². The number of oxime groups is 1. The van der Waals surface area contributed by atoms with Crippen LogP contribution in [0.4, 0.5) is 0 Å². The third-order valence-corrected chi connectivity index (χ3v) is 4.56. The second kappa shape index (κ2) is 7.62. The number of aryl methyl sites for hydroxylation is 3. The summed E-state index contributed by atoms with van der Waals surface area (Å²) >= 11 is 7.45. The van der Waals surface area contributed by atoms with Crippen molar-refractivity contribution in [2.24, 2.45) is 12.2 Å². The molecular formula is C16H16ClN5O2S. The summed E-state index contributed by atoms with van der Waals surface area (Å²) in [6.07, 6.45) is 1.58. The van der Waals surface area contributed by atoms with Crippen LogP contribution in [0.3, 0.4) is 0 Å². The van der Waals surface area contributed by atoms with E-state index in [1.165, 1.54) is 11.5 Å². The maximum Gasteiger partial charge on any atom is 0.226 e. The standard InChI is InChI=1S/C16H16ClN5O2S/c1-10-12(8-18-23-9-15-11(2)19-21-25-15)16(22(3)20-10)24-14-7-5-4-6-13(14)17/h4-8H,9H2,1-3H3/b18-8+. The van der Waals surface area contributed by atoms with Crippen LogP contribution < -0.4 is 4.74 Å². The van der Waals surface area contributed by atoms with Crippen molar-refractivity contribution in [2.45, 2.75) is 20.5 Å². The molecule has 0 saturated carbocycles. The largest absolute Gasteiger partial charge is 0.437 e. The van der Waals surface area contributed by atoms with Gasteiger partial charge in [-0.05, 0) is 37.5 Å². The predicted molar refractivity (Wildman–Crippen MR) is 96.5 cm³/mol. The van der Waals surface area contributed by atoms with Gasteiger partial charge in [0, 0.05) is 7.05 Å². The lowest BCUT2D eigenvalue weighted by Crippen LogP contribution is -1.97. The minimum atomic E-state index is 0.319. The molecule has 0 aliphatic heterocycles. The molecule has 0 saturated heterocycles. The molecule has 0 fully saturated rings. The van der Waals surface area contributed by atoms with Crippen LogP contribution in [0, 0.1) is 13.8 Å². The van der Waals surface area contributed by atoms with Crippen LogP contribution in [-0.4, -0.2) is 25.6 Å². The fraction of sp³-hybridized carbons (Fsp3) is 0.250. The van der Waals surface area contributed by atoms with Crippen molar-refractivity contribution in [1.29, 1.82) is 0 Å². The van der Waals surface area contributed by atoms with E-state index in [9.17, 15) is 0 Å². The molecule has 0 aliphatic rings. The van der Waals surface area contributed by atoms with Crippen LogP contribution in [-0.2, 0) is 18.5 Å². The molecule has 7 nitrogen and oxygen atoms in total. The Morgan fingerprint density at radius 2 is 2.08 bits per heavy atom. The highest BCUT2D eigenvalue weighted by molar-refractivity contribution is 7.05. The highest BCUT2D eigenvalue weighted by atomic mass is 35.5. The van der Waals surface area contributed by atoms with E-state index in [0.717, 1.165) is 21.8 Å². The smallest absolute Gasteiger partial charge is 0.226 e. The zero-order chi connectivity index (χ0) is 17.8. The number of para-hydroxylation sites is 1. The number of benzene rings is 1. The molecule has 0 bridgehead atoms. The fourth-order valence-corrected chi connectivity index (χ4v) is 2.84. The molecule has 9 heteroatoms. The Morgan fingerprint density at radius 3 is 2.80 bits per heavy atom. The molecule has 1 aromatic carbocycles. The third kappa shape index (κ3) is 3.97. The second-order valence-electron chi connectivity index (χ2n) is 5.25. The molecule has 25 heavy (non-hydrogen) atoms. The minimum Gasteiger partial charge on any atom is -0.437 e. The molecule has 0 N–H and O–H groups in total. The molecule has 130 valence electrons. The number of halogens is 1. The van der Waals surface area contributed by atoms with Gasteiger partial charge >= 0.3 is 0 Å². The van der Waals surface area contributed by atoms with E-state index in [0.29, 0.717) is 23.3 Å². The van der Waals surface area contributed by atoms with Crippen molar-refractivity contribution in [3.63, 3.8) is 0 Å². The topological polar surface area (TPSA) is 74.4 Å². The van der Waals surface area contributed by atoms with Gasteiger partial charge in [-0.15, -0.1) is 5.10 Å². The van der Waals surface area contributed by atoms with Crippen molar-refractivity contribution >= 4 is 29.3 Å². The minimum absolute atomic E-state index is 0.319. The Morgan fingerprint density at radius 1 is 1.28 bits per heavy atom. The van der Waals surface area contributed by atoms with Crippen molar-refractivity contribution in [2.75, 3.05) is 0 Å². The van der Waals surface area contributed by atoms with E-state index >= 15 is 0 Å². The van der Waals surface area contributed by atoms with Crippen LogP contribution >= 0.6 is 23.1 Å². The summed E-state index contributed by atoms with van der Waals surface area (Å²) in [5.74, 6) is 1.09. The molecule has 0 radical (unpaired) electrons. The maximum absolute atomic E-state index is 6.16. The highest BCUT2D eigenvalue weighted by Gasteiger charge is 2.15. The first-order chi connectivity index (χ1) is 12.1. The molecule has 0 atom stereocenters. The summed E-state index contributed by atoms with van der Waals surface area (Å²) in [6.45, 7) is 4.07. The highest BCUT2D eigenvalue weighted by Crippen LogP contribution is 2.31. The van der Waals surface area contributed by atoms with E-state index < -0.39 is 0 Å². The van der Waals surface area contributed by atoms with Crippen molar-refractivity contribution < 1.29 is 9.57 Å². The van der Waals surface area contributed by atoms with Gasteiger partial charge in [-0.25, -0.2) is 4.68 Å². The van der Waals surface area contributed by atoms with Gasteiger partial charge in [-0.1, -0.05) is 33.4 Å². The van der Waals surface area contributed by atoms with Crippen molar-refractivity contribution in [1.82, 2.24) is 19.4 Å². The molecule has 3 aromatic rings. The second-order valence-corrected chi connectivity index (χ2v) is 6.50. The van der Waals surface area contributed by atoms with Crippen LogP contribution in [0.25, 0.3) is 0 Å². The first kappa shape index (κ1) is 17.4. The lowest BCUT2D eigenvalue weighted by Gasteiger charge is -2.08. The summed E-state index contributed by atoms with van der Waals surface area (Å²) in [7, 11) is 1.80. The Kier molecular flexibility index (Phi) is 5.30. The SMILES string of the molecule is Cc1nnsc1CO/N=C/c1c(C)nn(C)c1Oc1ccccc1Cl. The van der Waals surface area contributed by atoms with E-state index in [2.05, 4.69) is 19.8 Å². The Hall–Kier alpha value is -2.45. The summed E-state index contributed by atoms with van der Waals surface area (Å²) in [5, 5.41) is 12.8. The first-order valence-corrected chi connectivity index (χ1v) is 8.60. The number of rotatable bonds is 6. The van der Waals surface area contributed by atoms with Crippen molar-refractivity contribution in [3.05, 3.63) is 51.1 Å². The zero-order valence-electron chi connectivity index (χ0n) is 13.9. The van der Waals surface area contributed by atoms with Gasteiger partial charge in [0.1, 0.15) is 5.75 Å². The van der Waals surface area contributed by atoms with Crippen LogP contribution in [0.15, 0.2) is 29.4 Å². The predicted octanol–water partition coefficient (Wildman–Crippen LogP) is 3.88. The summed E-state index contributed by atoms with van der Waals surface area (Å²) in [4.78, 5) is 6.27. The lowest BCUT2D eigenvalue weighted by atomic mass is 10.3. The van der Waals surface area contributed by atoms with Crippen LogP contribution in [0.2, 0.25) is 5.02 Å². The molecule has 0 unspecified atom stereocenters. The number of aromatic nitrogens is 4. The Labute approximate surface area is 154 Å². The Balaban J connectivity index is 1.76. The van der Waals surface area contributed by atoms with Crippen LogP contribution in [0.1, 0.15) is 21.8 Å². The molecule has 2 heterocycles. The number of hydrogen-bond donors (Lipinski definition) is 0. The molecule has 0 spiro atoms. The summed E-state index contributed by atoms with van der Waals surface area (Å²) < 4.78 is 11.4. The average molecular weight is 378 g/mol. The molecule has 2 aromatic heterocycles. The van der Waals surface area contributed by atoms with Gasteiger partial charge < -0.3 is 9.57 Å². The third-order valence-electron chi connectivity index (χ3n) is 3.45. The van der Waals surface area contributed by atoms with Gasteiger partial charge in [0.05, 0.1) is 33.1 Å². The molecule has 0 aliphatic carbocycles. The van der Waals surface area contributed by atoms with Gasteiger partial charge in [0.15, 0.2) is 6.61 Å². The summed E-state index contributed by atoms with van der Waals surface area (Å²) in [6, 6.07) is 7.26. The number of nitrogens with zero attached hydrogens (tertiary/aromatic N) is 5. The maximum atomic E-state index is 6.16. The number of hydrogen-bond acceptors (Lipinski definition) is 7. The number of ether oxygens (including phenoxy) is 1. The first-order valence-electron chi connectivity index (χ1n) is 7.45. The molecular weight excluding hydrogens is 362 g/mol. The average Bonchev–Trinajstić information content (AvgIpc) is 3.10. The summed E-state index contributed by atoms with van der Waals surface area (Å²) in [5.41, 5.74) is 2.34. The van der Waals surface area contributed by atoms with E-state index in [1.807, 2.05) is 26.0 Å². The van der Waals surface area contributed by atoms with E-state index in [1.54, 1.807) is 30.1 Å². The van der Waals surface area contributed by atoms with E-state index in [4.69, 9.17) is 21.2 Å². The molecule has 0 amide bonds. The monoisotopic (exact) mass is 377 g/mol. The van der Waals surface area contributed by atoms with Gasteiger partial charge in [0.25, 0.3) is 0 Å². The van der Waals surface area contributed by atoms with Crippen LogP contribution in [0.5, 0.6) is 11.6 Å². The van der Waals surface area contributed by atoms with Gasteiger partial charge in [-0.2, -0.15) is 5.10 Å². The van der Waals surface area contributed by atoms with Crippen molar-refractivity contribution in [3.8, 4) is 11.6 Å². The zero-order valence-corrected chi connectivity index (χ0v) is 15.5. The van der Waals surface area contributed by atoms with E-state index in [-0.39, 0.29) is 0 Å². The quantitative estimate of drug-likeness (QED) is 0.481. The molecule has 3 rings (SSSR count). The normalized spacial score (nSPS) is 11.2. The van der Waals surface area contributed by atoms with Gasteiger partial charge in [0.2, 0.25) is 5.88 Å². The lowest BCUT2D eigenvalue weighted by molar-refractivity contribution is 0.134. The Bertz CT molecular complexity index is 906.